The summed E-state index contributed by atoms with van der Waals surface area (Å²) >= 11 is 0. The van der Waals surface area contributed by atoms with E-state index in [1.165, 1.54) is 5.56 Å². The first-order valence-electron chi connectivity index (χ1n) is 6.37. The van der Waals surface area contributed by atoms with Crippen molar-refractivity contribution in [3.8, 4) is 0 Å². The number of aliphatic carboxylic acids is 1. The Morgan fingerprint density at radius 2 is 1.94 bits per heavy atom. The van der Waals surface area contributed by atoms with E-state index in [-0.39, 0.29) is 0 Å². The Balaban J connectivity index is 1.89. The molecule has 0 aromatic heterocycles. The van der Waals surface area contributed by atoms with Gasteiger partial charge in [0.15, 0.2) is 0 Å². The lowest BCUT2D eigenvalue weighted by Gasteiger charge is -2.12. The largest absolute Gasteiger partial charge is 0.481 e. The maximum absolute atomic E-state index is 10.9. The average Bonchev–Trinajstić information content (AvgIpc) is 2.89. The average molecular weight is 245 g/mol. The van der Waals surface area contributed by atoms with Crippen LogP contribution in [0.4, 0.5) is 0 Å². The fraction of sp³-hybridized carbons (Fsp3) is 0.400. The Morgan fingerprint density at radius 1 is 1.33 bits per heavy atom. The molecule has 0 saturated carbocycles. The molecule has 0 spiro atoms. The summed E-state index contributed by atoms with van der Waals surface area (Å²) in [4.78, 5) is 10.9. The molecule has 1 aliphatic rings. The molecule has 3 nitrogen and oxygen atoms in total. The molecule has 18 heavy (non-hydrogen) atoms. The van der Waals surface area contributed by atoms with Gasteiger partial charge in [-0.1, -0.05) is 36.4 Å². The van der Waals surface area contributed by atoms with Gasteiger partial charge in [0.1, 0.15) is 0 Å². The zero-order valence-electron chi connectivity index (χ0n) is 10.6. The molecular formula is C15H19NO2. The normalized spacial score (nSPS) is 16.9. The lowest BCUT2D eigenvalue weighted by molar-refractivity contribution is -0.138. The summed E-state index contributed by atoms with van der Waals surface area (Å²) in [5, 5.41) is 12.4. The van der Waals surface area contributed by atoms with Gasteiger partial charge in [-0.15, -0.1) is 0 Å². The maximum atomic E-state index is 10.9. The first-order valence-corrected chi connectivity index (χ1v) is 6.37. The van der Waals surface area contributed by atoms with Gasteiger partial charge in [0, 0.05) is 12.6 Å². The van der Waals surface area contributed by atoms with Crippen molar-refractivity contribution in [2.75, 3.05) is 0 Å². The van der Waals surface area contributed by atoms with Gasteiger partial charge >= 0.3 is 5.97 Å². The van der Waals surface area contributed by atoms with Crippen LogP contribution in [0.5, 0.6) is 0 Å². The lowest BCUT2D eigenvalue weighted by Crippen LogP contribution is -2.25. The van der Waals surface area contributed by atoms with Gasteiger partial charge in [0.05, 0.1) is 5.92 Å². The van der Waals surface area contributed by atoms with Crippen molar-refractivity contribution in [1.29, 1.82) is 0 Å². The molecule has 1 aliphatic carbocycles. The van der Waals surface area contributed by atoms with E-state index in [0.717, 1.165) is 24.9 Å². The predicted molar refractivity (Wildman–Crippen MR) is 71.5 cm³/mol. The second-order valence-corrected chi connectivity index (χ2v) is 4.82. The summed E-state index contributed by atoms with van der Waals surface area (Å²) in [6.45, 7) is 2.55. The Labute approximate surface area is 108 Å². The van der Waals surface area contributed by atoms with E-state index < -0.39 is 11.9 Å². The molecule has 0 fully saturated rings. The first-order chi connectivity index (χ1) is 8.66. The minimum Gasteiger partial charge on any atom is -0.481 e. The number of carbonyl (C=O) groups is 1. The van der Waals surface area contributed by atoms with Gasteiger partial charge in [-0.05, 0) is 30.9 Å². The molecule has 2 rings (SSSR count). The Hall–Kier alpha value is -1.61. The van der Waals surface area contributed by atoms with E-state index in [0.29, 0.717) is 6.04 Å². The second-order valence-electron chi connectivity index (χ2n) is 4.82. The van der Waals surface area contributed by atoms with Crippen LogP contribution in [0.1, 0.15) is 36.8 Å². The smallest absolute Gasteiger partial charge is 0.310 e. The molecule has 0 bridgehead atoms. The molecule has 2 N–H and O–H groups in total. The number of nitrogens with one attached hydrogen (secondary N) is 1. The second kappa shape index (κ2) is 5.83. The number of hydrogen-bond donors (Lipinski definition) is 2. The monoisotopic (exact) mass is 245 g/mol. The number of carboxylic acid groups (broad SMARTS) is 1. The molecule has 0 heterocycles. The quantitative estimate of drug-likeness (QED) is 0.784. The SMILES string of the molecule is CC(C(=O)O)c1ccc(CNC2CC=CC2)cc1. The van der Waals surface area contributed by atoms with Crippen LogP contribution < -0.4 is 5.32 Å². The molecule has 0 amide bonds. The molecule has 0 radical (unpaired) electrons. The van der Waals surface area contributed by atoms with Gasteiger partial charge < -0.3 is 10.4 Å². The van der Waals surface area contributed by atoms with E-state index in [9.17, 15) is 4.79 Å². The van der Waals surface area contributed by atoms with Crippen LogP contribution in [0.3, 0.4) is 0 Å². The summed E-state index contributed by atoms with van der Waals surface area (Å²) in [5.74, 6) is -1.22. The Bertz CT molecular complexity index is 428. The van der Waals surface area contributed by atoms with Crippen molar-refractivity contribution in [3.05, 3.63) is 47.5 Å². The third-order valence-electron chi connectivity index (χ3n) is 3.45. The van der Waals surface area contributed by atoms with Crippen LogP contribution in [0.25, 0.3) is 0 Å². The van der Waals surface area contributed by atoms with E-state index in [4.69, 9.17) is 5.11 Å². The minimum atomic E-state index is -0.780. The van der Waals surface area contributed by atoms with Crippen molar-refractivity contribution in [2.45, 2.75) is 38.3 Å². The molecule has 0 saturated heterocycles. The van der Waals surface area contributed by atoms with Gasteiger partial charge in [0.25, 0.3) is 0 Å². The van der Waals surface area contributed by atoms with Crippen LogP contribution in [-0.4, -0.2) is 17.1 Å². The zero-order chi connectivity index (χ0) is 13.0. The van der Waals surface area contributed by atoms with Gasteiger partial charge in [-0.3, -0.25) is 4.79 Å². The molecule has 1 aromatic carbocycles. The van der Waals surface area contributed by atoms with Crippen molar-refractivity contribution in [1.82, 2.24) is 5.32 Å². The van der Waals surface area contributed by atoms with Crippen molar-refractivity contribution in [3.63, 3.8) is 0 Å². The standard InChI is InChI=1S/C15H19NO2/c1-11(15(17)18)13-8-6-12(7-9-13)10-16-14-4-2-3-5-14/h2-3,6-9,11,14,16H,4-5,10H2,1H3,(H,17,18). The summed E-state index contributed by atoms with van der Waals surface area (Å²) in [6, 6.07) is 8.38. The molecule has 3 heteroatoms. The number of hydrogen-bond acceptors (Lipinski definition) is 2. The van der Waals surface area contributed by atoms with Crippen molar-refractivity contribution >= 4 is 5.97 Å². The fourth-order valence-electron chi connectivity index (χ4n) is 2.11. The summed E-state index contributed by atoms with van der Waals surface area (Å²) in [6.07, 6.45) is 6.62. The highest BCUT2D eigenvalue weighted by Crippen LogP contribution is 2.16. The van der Waals surface area contributed by atoms with Gasteiger partial charge in [0.2, 0.25) is 0 Å². The number of benzene rings is 1. The molecule has 96 valence electrons. The van der Waals surface area contributed by atoms with Crippen LogP contribution in [0, 0.1) is 0 Å². The summed E-state index contributed by atoms with van der Waals surface area (Å²) < 4.78 is 0. The Morgan fingerprint density at radius 3 is 2.50 bits per heavy atom. The maximum Gasteiger partial charge on any atom is 0.310 e. The lowest BCUT2D eigenvalue weighted by atomic mass is 10.00. The minimum absolute atomic E-state index is 0.439. The first kappa shape index (κ1) is 12.8. The molecule has 1 unspecified atom stereocenters. The predicted octanol–water partition coefficient (Wildman–Crippen LogP) is 2.68. The van der Waals surface area contributed by atoms with E-state index in [1.54, 1.807) is 6.92 Å². The highest BCUT2D eigenvalue weighted by Gasteiger charge is 2.13. The molecule has 1 atom stereocenters. The number of rotatable bonds is 5. The van der Waals surface area contributed by atoms with Crippen LogP contribution >= 0.6 is 0 Å². The van der Waals surface area contributed by atoms with Crippen LogP contribution in [0.15, 0.2) is 36.4 Å². The molecule has 0 aliphatic heterocycles. The molecular weight excluding hydrogens is 226 g/mol. The van der Waals surface area contributed by atoms with Crippen molar-refractivity contribution in [2.24, 2.45) is 0 Å². The van der Waals surface area contributed by atoms with Gasteiger partial charge in [-0.25, -0.2) is 0 Å². The van der Waals surface area contributed by atoms with E-state index in [1.807, 2.05) is 24.3 Å². The zero-order valence-corrected chi connectivity index (χ0v) is 10.6. The fourth-order valence-corrected chi connectivity index (χ4v) is 2.11. The number of carboxylic acids is 1. The van der Waals surface area contributed by atoms with Gasteiger partial charge in [-0.2, -0.15) is 0 Å². The third-order valence-corrected chi connectivity index (χ3v) is 3.45. The third kappa shape index (κ3) is 3.20. The van der Waals surface area contributed by atoms with Crippen LogP contribution in [-0.2, 0) is 11.3 Å². The highest BCUT2D eigenvalue weighted by molar-refractivity contribution is 5.75. The summed E-state index contributed by atoms with van der Waals surface area (Å²) in [5.41, 5.74) is 2.05. The van der Waals surface area contributed by atoms with E-state index >= 15 is 0 Å². The van der Waals surface area contributed by atoms with E-state index in [2.05, 4.69) is 17.5 Å². The van der Waals surface area contributed by atoms with Crippen LogP contribution in [0.2, 0.25) is 0 Å². The molecule has 1 aromatic rings. The highest BCUT2D eigenvalue weighted by atomic mass is 16.4. The summed E-state index contributed by atoms with van der Waals surface area (Å²) in [7, 11) is 0. The van der Waals surface area contributed by atoms with Crippen molar-refractivity contribution < 1.29 is 9.90 Å². The topological polar surface area (TPSA) is 49.3 Å². The Kier molecular flexibility index (Phi) is 4.15.